The predicted molar refractivity (Wildman–Crippen MR) is 69.2 cm³/mol. The molecule has 0 spiro atoms. The number of benzene rings is 1. The van der Waals surface area contributed by atoms with Gasteiger partial charge in [-0.05, 0) is 12.1 Å². The van der Waals surface area contributed by atoms with E-state index in [2.05, 4.69) is 5.32 Å². The minimum atomic E-state index is -0.0382. The summed E-state index contributed by atoms with van der Waals surface area (Å²) in [6, 6.07) is 9.71. The molecule has 0 aromatic heterocycles. The smallest absolute Gasteiger partial charge is 0.152 e. The zero-order valence-corrected chi connectivity index (χ0v) is 10.3. The van der Waals surface area contributed by atoms with Gasteiger partial charge in [0, 0.05) is 20.3 Å². The number of ketones is 1. The van der Waals surface area contributed by atoms with E-state index in [1.807, 2.05) is 44.2 Å². The van der Waals surface area contributed by atoms with Crippen molar-refractivity contribution < 1.29 is 11.0 Å². The Morgan fingerprint density at radius 2 is 2.12 bits per heavy atom. The summed E-state index contributed by atoms with van der Waals surface area (Å²) < 4.78 is 5.82. The third-order valence-electron chi connectivity index (χ3n) is 3.05. The molecule has 2 atom stereocenters. The Morgan fingerprint density at radius 3 is 2.76 bits per heavy atom. The van der Waals surface area contributed by atoms with Gasteiger partial charge in [-0.25, -0.2) is 0 Å². The molecule has 0 aliphatic carbocycles. The normalized spacial score (nSPS) is 23.9. The molecule has 1 N–H and O–H groups in total. The van der Waals surface area contributed by atoms with Crippen LogP contribution in [-0.4, -0.2) is 24.5 Å². The SMILES string of the molecule is CC(C)C(=O)[C@@H]1C[C@H](Oc2ccccc2)CN1.[HH]. The molecule has 1 heterocycles. The molecule has 1 aromatic carbocycles. The lowest BCUT2D eigenvalue weighted by atomic mass is 10.0. The van der Waals surface area contributed by atoms with Gasteiger partial charge < -0.3 is 10.1 Å². The zero-order chi connectivity index (χ0) is 12.3. The molecule has 0 radical (unpaired) electrons. The third-order valence-corrected chi connectivity index (χ3v) is 3.05. The largest absolute Gasteiger partial charge is 0.489 e. The van der Waals surface area contributed by atoms with Gasteiger partial charge in [0.25, 0.3) is 0 Å². The Hall–Kier alpha value is -1.35. The molecule has 0 unspecified atom stereocenters. The number of ether oxygens (including phenoxy) is 1. The monoisotopic (exact) mass is 235 g/mol. The number of para-hydroxylation sites is 1. The first-order valence-corrected chi connectivity index (χ1v) is 6.15. The van der Waals surface area contributed by atoms with E-state index in [9.17, 15) is 4.79 Å². The molecule has 1 aliphatic rings. The summed E-state index contributed by atoms with van der Waals surface area (Å²) >= 11 is 0. The molecule has 1 fully saturated rings. The maximum absolute atomic E-state index is 11.8. The van der Waals surface area contributed by atoms with Crippen molar-refractivity contribution >= 4 is 5.78 Å². The highest BCUT2D eigenvalue weighted by atomic mass is 16.5. The zero-order valence-electron chi connectivity index (χ0n) is 10.3. The first-order valence-electron chi connectivity index (χ1n) is 6.15. The topological polar surface area (TPSA) is 38.3 Å². The fourth-order valence-electron chi connectivity index (χ4n) is 2.10. The van der Waals surface area contributed by atoms with E-state index < -0.39 is 0 Å². The van der Waals surface area contributed by atoms with Crippen LogP contribution in [-0.2, 0) is 4.79 Å². The fourth-order valence-corrected chi connectivity index (χ4v) is 2.10. The quantitative estimate of drug-likeness (QED) is 0.870. The summed E-state index contributed by atoms with van der Waals surface area (Å²) in [6.07, 6.45) is 0.872. The average molecular weight is 235 g/mol. The molecular formula is C14H21NO2. The fraction of sp³-hybridized carbons (Fsp3) is 0.500. The number of carbonyl (C=O) groups is 1. The molecule has 3 nitrogen and oxygen atoms in total. The standard InChI is InChI=1S/C14H19NO2.H2/c1-10(2)14(16)13-8-12(9-15-13)17-11-6-4-3-5-7-11;/h3-7,10,12-13,15H,8-9H2,1-2H3;1H/t12-,13-;/m0./s1. The van der Waals surface area contributed by atoms with Crippen LogP contribution in [0.25, 0.3) is 0 Å². The minimum absolute atomic E-state index is 0. The highest BCUT2D eigenvalue weighted by Gasteiger charge is 2.31. The third kappa shape index (κ3) is 3.07. The number of carbonyl (C=O) groups excluding carboxylic acids is 1. The minimum Gasteiger partial charge on any atom is -0.489 e. The molecule has 1 saturated heterocycles. The van der Waals surface area contributed by atoms with Crippen LogP contribution in [0.1, 0.15) is 21.7 Å². The molecule has 0 saturated carbocycles. The molecule has 94 valence electrons. The number of Topliss-reactive ketones (excluding diaryl/α,β-unsaturated/α-hetero) is 1. The summed E-state index contributed by atoms with van der Waals surface area (Å²) in [5, 5.41) is 3.23. The molecule has 17 heavy (non-hydrogen) atoms. The van der Waals surface area contributed by atoms with Gasteiger partial charge in [0.1, 0.15) is 11.9 Å². The van der Waals surface area contributed by atoms with Gasteiger partial charge >= 0.3 is 0 Å². The molecule has 1 aliphatic heterocycles. The lowest BCUT2D eigenvalue weighted by Crippen LogP contribution is -2.33. The van der Waals surface area contributed by atoms with Gasteiger partial charge in [-0.15, -0.1) is 0 Å². The van der Waals surface area contributed by atoms with E-state index in [1.165, 1.54) is 0 Å². The van der Waals surface area contributed by atoms with Gasteiger partial charge in [0.05, 0.1) is 6.04 Å². The number of rotatable bonds is 4. The Balaban J connectivity index is 0.00000162. The highest BCUT2D eigenvalue weighted by molar-refractivity contribution is 5.86. The lowest BCUT2D eigenvalue weighted by molar-refractivity contribution is -0.123. The van der Waals surface area contributed by atoms with Crippen molar-refractivity contribution in [3.05, 3.63) is 30.3 Å². The van der Waals surface area contributed by atoms with Crippen molar-refractivity contribution in [1.29, 1.82) is 0 Å². The van der Waals surface area contributed by atoms with Gasteiger partial charge in [-0.2, -0.15) is 0 Å². The lowest BCUT2D eigenvalue weighted by Gasteiger charge is -2.13. The van der Waals surface area contributed by atoms with E-state index in [-0.39, 0.29) is 25.3 Å². The summed E-state index contributed by atoms with van der Waals surface area (Å²) in [5.41, 5.74) is 0. The van der Waals surface area contributed by atoms with E-state index >= 15 is 0 Å². The maximum Gasteiger partial charge on any atom is 0.152 e. The second-order valence-corrected chi connectivity index (χ2v) is 4.81. The van der Waals surface area contributed by atoms with Crippen molar-refractivity contribution in [3.8, 4) is 5.75 Å². The van der Waals surface area contributed by atoms with Crippen LogP contribution >= 0.6 is 0 Å². The predicted octanol–water partition coefficient (Wildman–Crippen LogP) is 2.27. The number of nitrogens with one attached hydrogen (secondary N) is 1. The van der Waals surface area contributed by atoms with E-state index in [1.54, 1.807) is 0 Å². The summed E-state index contributed by atoms with van der Waals surface area (Å²) in [5.74, 6) is 1.24. The Labute approximate surface area is 104 Å². The molecule has 3 heteroatoms. The second-order valence-electron chi connectivity index (χ2n) is 4.81. The Kier molecular flexibility index (Phi) is 3.79. The molecule has 1 aromatic rings. The second kappa shape index (κ2) is 5.32. The Bertz CT molecular complexity index is 381. The van der Waals surface area contributed by atoms with Gasteiger partial charge in [0.2, 0.25) is 0 Å². The van der Waals surface area contributed by atoms with Gasteiger partial charge in [0.15, 0.2) is 5.78 Å². The first-order chi connectivity index (χ1) is 8.16. The molecular weight excluding hydrogens is 214 g/mol. The summed E-state index contributed by atoms with van der Waals surface area (Å²) in [4.78, 5) is 11.8. The van der Waals surface area contributed by atoms with Crippen LogP contribution in [0.5, 0.6) is 5.75 Å². The van der Waals surface area contributed by atoms with E-state index in [0.29, 0.717) is 0 Å². The summed E-state index contributed by atoms with van der Waals surface area (Å²) in [6.45, 7) is 4.63. The van der Waals surface area contributed by atoms with Crippen LogP contribution in [0.15, 0.2) is 30.3 Å². The van der Waals surface area contributed by atoms with Crippen LogP contribution < -0.4 is 10.1 Å². The van der Waals surface area contributed by atoms with Crippen LogP contribution in [0.2, 0.25) is 0 Å². The summed E-state index contributed by atoms with van der Waals surface area (Å²) in [7, 11) is 0. The van der Waals surface area contributed by atoms with Crippen LogP contribution in [0, 0.1) is 5.92 Å². The van der Waals surface area contributed by atoms with E-state index in [4.69, 9.17) is 4.74 Å². The van der Waals surface area contributed by atoms with Gasteiger partial charge in [-0.1, -0.05) is 32.0 Å². The van der Waals surface area contributed by atoms with Crippen molar-refractivity contribution in [3.63, 3.8) is 0 Å². The maximum atomic E-state index is 11.8. The van der Waals surface area contributed by atoms with Crippen molar-refractivity contribution in [2.45, 2.75) is 32.4 Å². The molecule has 2 rings (SSSR count). The van der Waals surface area contributed by atoms with E-state index in [0.717, 1.165) is 18.7 Å². The van der Waals surface area contributed by atoms with Crippen LogP contribution in [0.4, 0.5) is 0 Å². The van der Waals surface area contributed by atoms with Crippen molar-refractivity contribution in [1.82, 2.24) is 5.32 Å². The van der Waals surface area contributed by atoms with Crippen molar-refractivity contribution in [2.75, 3.05) is 6.54 Å². The number of hydrogen-bond acceptors (Lipinski definition) is 3. The van der Waals surface area contributed by atoms with Crippen molar-refractivity contribution in [2.24, 2.45) is 5.92 Å². The first kappa shape index (κ1) is 12.1. The molecule has 0 bridgehead atoms. The number of hydrogen-bond donors (Lipinski definition) is 1. The Morgan fingerprint density at radius 1 is 1.41 bits per heavy atom. The molecule has 0 amide bonds. The van der Waals surface area contributed by atoms with Crippen LogP contribution in [0.3, 0.4) is 0 Å². The average Bonchev–Trinajstić information content (AvgIpc) is 2.77. The van der Waals surface area contributed by atoms with Gasteiger partial charge in [-0.3, -0.25) is 4.79 Å². The highest BCUT2D eigenvalue weighted by Crippen LogP contribution is 2.18.